The van der Waals surface area contributed by atoms with Crippen molar-refractivity contribution >= 4 is 5.57 Å². The molecule has 0 spiro atoms. The van der Waals surface area contributed by atoms with Gasteiger partial charge in [0, 0.05) is 0 Å². The smallest absolute Gasteiger partial charge is 0.0233 e. The van der Waals surface area contributed by atoms with Crippen molar-refractivity contribution in [1.82, 2.24) is 0 Å². The first-order valence-electron chi connectivity index (χ1n) is 3.01. The number of benzene rings is 1. The van der Waals surface area contributed by atoms with E-state index < -0.39 is 0 Å². The quantitative estimate of drug-likeness (QED) is 0.552. The monoisotopic (exact) mass is 134 g/mol. The molecule has 10 heavy (non-hydrogen) atoms. The molecule has 0 unspecified atom stereocenters. The third-order valence-electron chi connectivity index (χ3n) is 1.27. The average Bonchev–Trinajstić information content (AvgIpc) is 1.90. The molecule has 0 heteroatoms. The van der Waals surface area contributed by atoms with Crippen LogP contribution in [0.2, 0.25) is 0 Å². The lowest BCUT2D eigenvalue weighted by atomic mass is 10.1. The first kappa shape index (κ1) is 8.96. The van der Waals surface area contributed by atoms with Crippen molar-refractivity contribution in [2.75, 3.05) is 0 Å². The lowest BCUT2D eigenvalue weighted by Gasteiger charge is -1.94. The molecule has 1 aromatic rings. The highest BCUT2D eigenvalue weighted by Gasteiger charge is 1.86. The highest BCUT2D eigenvalue weighted by molar-refractivity contribution is 5.60. The molecule has 0 saturated carbocycles. The third kappa shape index (κ3) is 2.06. The van der Waals surface area contributed by atoms with Crippen molar-refractivity contribution in [1.29, 1.82) is 0 Å². The van der Waals surface area contributed by atoms with Crippen molar-refractivity contribution in [2.24, 2.45) is 0 Å². The Balaban J connectivity index is 0.000000810. The SMILES string of the molecule is C.C=C(C)c1ccccc1. The molecule has 0 nitrogen and oxygen atoms in total. The van der Waals surface area contributed by atoms with Crippen molar-refractivity contribution < 1.29 is 0 Å². The fourth-order valence-corrected chi connectivity index (χ4v) is 0.723. The summed E-state index contributed by atoms with van der Waals surface area (Å²) in [4.78, 5) is 0. The molecule has 0 aliphatic rings. The molecule has 0 atom stereocenters. The molecule has 0 aliphatic heterocycles. The summed E-state index contributed by atoms with van der Waals surface area (Å²) >= 11 is 0. The Bertz CT molecular complexity index is 197. The Morgan fingerprint density at radius 3 is 2.00 bits per heavy atom. The van der Waals surface area contributed by atoms with Crippen LogP contribution in [-0.4, -0.2) is 0 Å². The first-order chi connectivity index (χ1) is 4.30. The molecule has 1 aromatic carbocycles. The van der Waals surface area contributed by atoms with Crippen LogP contribution in [0.4, 0.5) is 0 Å². The molecule has 0 heterocycles. The third-order valence-corrected chi connectivity index (χ3v) is 1.27. The minimum atomic E-state index is 0. The van der Waals surface area contributed by atoms with Gasteiger partial charge in [0.15, 0.2) is 0 Å². The molecule has 0 fully saturated rings. The van der Waals surface area contributed by atoms with Crippen LogP contribution in [0.3, 0.4) is 0 Å². The van der Waals surface area contributed by atoms with Gasteiger partial charge in [0.2, 0.25) is 0 Å². The van der Waals surface area contributed by atoms with E-state index in [1.54, 1.807) is 0 Å². The summed E-state index contributed by atoms with van der Waals surface area (Å²) in [6, 6.07) is 10.2. The highest BCUT2D eigenvalue weighted by atomic mass is 13.9. The number of rotatable bonds is 1. The van der Waals surface area contributed by atoms with E-state index in [2.05, 4.69) is 18.7 Å². The zero-order valence-corrected chi connectivity index (χ0v) is 5.59. The standard InChI is InChI=1S/C9H10.CH4/c1-8(2)9-6-4-3-5-7-9;/h3-7H,1H2,2H3;1H4. The molecule has 0 N–H and O–H groups in total. The normalized spacial score (nSPS) is 8.10. The second-order valence-corrected chi connectivity index (χ2v) is 2.15. The first-order valence-corrected chi connectivity index (χ1v) is 3.01. The van der Waals surface area contributed by atoms with Crippen LogP contribution in [0.5, 0.6) is 0 Å². The summed E-state index contributed by atoms with van der Waals surface area (Å²) in [6.07, 6.45) is 0. The Kier molecular flexibility index (Phi) is 3.48. The predicted octanol–water partition coefficient (Wildman–Crippen LogP) is 3.36. The zero-order chi connectivity index (χ0) is 6.69. The number of hydrogen-bond acceptors (Lipinski definition) is 0. The second kappa shape index (κ2) is 3.89. The van der Waals surface area contributed by atoms with E-state index in [0.717, 1.165) is 5.57 Å². The largest absolute Gasteiger partial charge is 0.0955 e. The summed E-state index contributed by atoms with van der Waals surface area (Å²) in [5.74, 6) is 0. The van der Waals surface area contributed by atoms with Gasteiger partial charge in [-0.1, -0.05) is 49.9 Å². The van der Waals surface area contributed by atoms with E-state index in [-0.39, 0.29) is 7.43 Å². The van der Waals surface area contributed by atoms with Gasteiger partial charge in [-0.15, -0.1) is 0 Å². The summed E-state index contributed by atoms with van der Waals surface area (Å²) in [7, 11) is 0. The van der Waals surface area contributed by atoms with Gasteiger partial charge in [-0.25, -0.2) is 0 Å². The maximum Gasteiger partial charge on any atom is -0.0233 e. The van der Waals surface area contributed by atoms with E-state index in [0.29, 0.717) is 0 Å². The average molecular weight is 134 g/mol. The summed E-state index contributed by atoms with van der Waals surface area (Å²) in [6.45, 7) is 5.83. The molecular formula is C10H14. The van der Waals surface area contributed by atoms with Crippen LogP contribution in [0.25, 0.3) is 5.57 Å². The molecule has 54 valence electrons. The van der Waals surface area contributed by atoms with Crippen LogP contribution in [0.15, 0.2) is 36.9 Å². The minimum absolute atomic E-state index is 0. The van der Waals surface area contributed by atoms with Crippen molar-refractivity contribution in [3.05, 3.63) is 42.5 Å². The summed E-state index contributed by atoms with van der Waals surface area (Å²) < 4.78 is 0. The van der Waals surface area contributed by atoms with Crippen LogP contribution < -0.4 is 0 Å². The van der Waals surface area contributed by atoms with Gasteiger partial charge in [0.25, 0.3) is 0 Å². The van der Waals surface area contributed by atoms with Crippen LogP contribution in [0, 0.1) is 0 Å². The summed E-state index contributed by atoms with van der Waals surface area (Å²) in [5.41, 5.74) is 2.34. The van der Waals surface area contributed by atoms with Gasteiger partial charge in [0.05, 0.1) is 0 Å². The topological polar surface area (TPSA) is 0 Å². The Hall–Kier alpha value is -1.04. The van der Waals surface area contributed by atoms with Gasteiger partial charge < -0.3 is 0 Å². The van der Waals surface area contributed by atoms with Crippen molar-refractivity contribution in [2.45, 2.75) is 14.4 Å². The number of hydrogen-bond donors (Lipinski definition) is 0. The molecule has 0 aromatic heterocycles. The second-order valence-electron chi connectivity index (χ2n) is 2.15. The Labute approximate surface area is 63.2 Å². The van der Waals surface area contributed by atoms with E-state index in [1.165, 1.54) is 5.56 Å². The molecule has 0 amide bonds. The molecule has 0 saturated heterocycles. The maximum atomic E-state index is 3.83. The van der Waals surface area contributed by atoms with E-state index in [4.69, 9.17) is 0 Å². The molecule has 0 bridgehead atoms. The van der Waals surface area contributed by atoms with E-state index >= 15 is 0 Å². The fourth-order valence-electron chi connectivity index (χ4n) is 0.723. The lowest BCUT2D eigenvalue weighted by molar-refractivity contribution is 1.58. The fraction of sp³-hybridized carbons (Fsp3) is 0.200. The Morgan fingerprint density at radius 2 is 1.70 bits per heavy atom. The molecule has 0 aliphatic carbocycles. The predicted molar refractivity (Wildman–Crippen MR) is 47.9 cm³/mol. The van der Waals surface area contributed by atoms with Crippen LogP contribution in [0.1, 0.15) is 19.9 Å². The maximum absolute atomic E-state index is 3.83. The van der Waals surface area contributed by atoms with Crippen molar-refractivity contribution in [3.63, 3.8) is 0 Å². The van der Waals surface area contributed by atoms with Gasteiger partial charge >= 0.3 is 0 Å². The van der Waals surface area contributed by atoms with Crippen LogP contribution >= 0.6 is 0 Å². The van der Waals surface area contributed by atoms with Gasteiger partial charge in [0.1, 0.15) is 0 Å². The van der Waals surface area contributed by atoms with Gasteiger partial charge in [-0.3, -0.25) is 0 Å². The minimum Gasteiger partial charge on any atom is -0.0955 e. The molecule has 1 rings (SSSR count). The highest BCUT2D eigenvalue weighted by Crippen LogP contribution is 2.08. The Morgan fingerprint density at radius 1 is 1.20 bits per heavy atom. The van der Waals surface area contributed by atoms with E-state index in [9.17, 15) is 0 Å². The molecule has 0 radical (unpaired) electrons. The molecular weight excluding hydrogens is 120 g/mol. The van der Waals surface area contributed by atoms with Crippen molar-refractivity contribution in [3.8, 4) is 0 Å². The lowest BCUT2D eigenvalue weighted by Crippen LogP contribution is -1.72. The van der Waals surface area contributed by atoms with Gasteiger partial charge in [-0.2, -0.15) is 0 Å². The number of allylic oxidation sites excluding steroid dienone is 1. The van der Waals surface area contributed by atoms with Crippen LogP contribution in [-0.2, 0) is 0 Å². The zero-order valence-electron chi connectivity index (χ0n) is 5.59. The summed E-state index contributed by atoms with van der Waals surface area (Å²) in [5, 5.41) is 0. The van der Waals surface area contributed by atoms with E-state index in [1.807, 2.05) is 25.1 Å². The van der Waals surface area contributed by atoms with Gasteiger partial charge in [-0.05, 0) is 12.5 Å².